The van der Waals surface area contributed by atoms with Gasteiger partial charge in [-0.15, -0.1) is 0 Å². The lowest BCUT2D eigenvalue weighted by molar-refractivity contribution is 0.402. The molecule has 0 heterocycles. The van der Waals surface area contributed by atoms with Crippen LogP contribution in [0.25, 0.3) is 0 Å². The Hall–Kier alpha value is -0.460. The Morgan fingerprint density at radius 3 is 2.33 bits per heavy atom. The van der Waals surface area contributed by atoms with Gasteiger partial charge in [0, 0.05) is 0 Å². The molecule has 54 valence electrons. The van der Waals surface area contributed by atoms with Gasteiger partial charge in [-0.05, 0) is 17.9 Å². The number of aliphatic hydroxyl groups excluding tert-OH is 1. The molecule has 0 rings (SSSR count). The minimum Gasteiger partial charge on any atom is -0.516 e. The molecule has 0 saturated carbocycles. The maximum atomic E-state index is 8.45. The van der Waals surface area contributed by atoms with E-state index in [1.165, 1.54) is 0 Å². The second kappa shape index (κ2) is 3.54. The lowest BCUT2D eigenvalue weighted by atomic mass is 9.88. The van der Waals surface area contributed by atoms with Crippen molar-refractivity contribution in [3.05, 3.63) is 12.3 Å². The Morgan fingerprint density at radius 2 is 2.00 bits per heavy atom. The van der Waals surface area contributed by atoms with Gasteiger partial charge in [0.05, 0.1) is 6.26 Å². The Balaban J connectivity index is 3.70. The molecule has 0 amide bonds. The summed E-state index contributed by atoms with van der Waals surface area (Å²) in [6.07, 6.45) is 5.26. The van der Waals surface area contributed by atoms with E-state index in [0.717, 1.165) is 19.1 Å². The zero-order valence-electron chi connectivity index (χ0n) is 6.52. The van der Waals surface area contributed by atoms with E-state index in [1.54, 1.807) is 0 Å². The topological polar surface area (TPSA) is 20.2 Å². The molecule has 9 heavy (non-hydrogen) atoms. The van der Waals surface area contributed by atoms with Crippen molar-refractivity contribution in [2.75, 3.05) is 0 Å². The summed E-state index contributed by atoms with van der Waals surface area (Å²) < 4.78 is 0. The van der Waals surface area contributed by atoms with Crippen LogP contribution in [-0.2, 0) is 0 Å². The monoisotopic (exact) mass is 128 g/mol. The van der Waals surface area contributed by atoms with Gasteiger partial charge in [0.15, 0.2) is 0 Å². The third-order valence-electron chi connectivity index (χ3n) is 1.42. The summed E-state index contributed by atoms with van der Waals surface area (Å²) in [4.78, 5) is 0. The predicted octanol–water partition coefficient (Wildman–Crippen LogP) is 2.88. The molecule has 1 nitrogen and oxygen atoms in total. The Labute approximate surface area is 57.4 Å². The first-order valence-electron chi connectivity index (χ1n) is 3.44. The molecule has 0 aromatic rings. The van der Waals surface area contributed by atoms with E-state index < -0.39 is 0 Å². The lowest BCUT2D eigenvalue weighted by Crippen LogP contribution is -2.05. The highest BCUT2D eigenvalue weighted by atomic mass is 16.2. The van der Waals surface area contributed by atoms with Gasteiger partial charge >= 0.3 is 0 Å². The van der Waals surface area contributed by atoms with Gasteiger partial charge in [0.25, 0.3) is 0 Å². The molecule has 0 aromatic carbocycles. The average Bonchev–Trinajstić information content (AvgIpc) is 1.64. The van der Waals surface area contributed by atoms with Gasteiger partial charge in [-0.3, -0.25) is 0 Å². The lowest BCUT2D eigenvalue weighted by Gasteiger charge is -2.17. The predicted molar refractivity (Wildman–Crippen MR) is 40.5 cm³/mol. The molecular formula is C8H16O. The van der Waals surface area contributed by atoms with Crippen LogP contribution in [0.1, 0.15) is 33.6 Å². The van der Waals surface area contributed by atoms with Crippen molar-refractivity contribution in [3.63, 3.8) is 0 Å². The molecule has 0 unspecified atom stereocenters. The Bertz CT molecular complexity index is 92.7. The highest BCUT2D eigenvalue weighted by molar-refractivity contribution is 4.89. The highest BCUT2D eigenvalue weighted by Crippen LogP contribution is 2.22. The fourth-order valence-corrected chi connectivity index (χ4v) is 0.929. The van der Waals surface area contributed by atoms with E-state index >= 15 is 0 Å². The molecule has 0 bridgehead atoms. The number of aliphatic hydroxyl groups is 1. The summed E-state index contributed by atoms with van der Waals surface area (Å²) >= 11 is 0. The standard InChI is InChI=1S/C8H16O/c1-4-5-8(2,3)6-7-9/h6-7,9H,4-5H2,1-3H3/b7-6+. The summed E-state index contributed by atoms with van der Waals surface area (Å²) in [7, 11) is 0. The average molecular weight is 128 g/mol. The Morgan fingerprint density at radius 1 is 1.44 bits per heavy atom. The third-order valence-corrected chi connectivity index (χ3v) is 1.42. The maximum absolute atomic E-state index is 8.45. The minimum absolute atomic E-state index is 0.170. The first-order valence-corrected chi connectivity index (χ1v) is 3.44. The van der Waals surface area contributed by atoms with Gasteiger partial charge in [-0.2, -0.15) is 0 Å². The van der Waals surface area contributed by atoms with E-state index in [-0.39, 0.29) is 5.41 Å². The number of hydrogen-bond acceptors (Lipinski definition) is 1. The van der Waals surface area contributed by atoms with Crippen LogP contribution in [-0.4, -0.2) is 5.11 Å². The summed E-state index contributed by atoms with van der Waals surface area (Å²) in [5, 5.41) is 8.45. The first kappa shape index (κ1) is 8.54. The van der Waals surface area contributed by atoms with Gasteiger partial charge in [0.1, 0.15) is 0 Å². The van der Waals surface area contributed by atoms with Crippen molar-refractivity contribution >= 4 is 0 Å². The van der Waals surface area contributed by atoms with Gasteiger partial charge in [-0.25, -0.2) is 0 Å². The van der Waals surface area contributed by atoms with Crippen LogP contribution >= 0.6 is 0 Å². The summed E-state index contributed by atoms with van der Waals surface area (Å²) in [5.74, 6) is 0. The molecule has 0 fully saturated rings. The second-order valence-corrected chi connectivity index (χ2v) is 3.05. The summed E-state index contributed by atoms with van der Waals surface area (Å²) in [5.41, 5.74) is 0.170. The van der Waals surface area contributed by atoms with Crippen molar-refractivity contribution in [1.29, 1.82) is 0 Å². The zero-order valence-corrected chi connectivity index (χ0v) is 6.52. The van der Waals surface area contributed by atoms with Gasteiger partial charge in [0.2, 0.25) is 0 Å². The van der Waals surface area contributed by atoms with Crippen LogP contribution in [0.4, 0.5) is 0 Å². The molecule has 0 aliphatic carbocycles. The molecule has 0 atom stereocenters. The van der Waals surface area contributed by atoms with E-state index in [9.17, 15) is 0 Å². The molecule has 0 radical (unpaired) electrons. The largest absolute Gasteiger partial charge is 0.516 e. The van der Waals surface area contributed by atoms with Crippen molar-refractivity contribution in [1.82, 2.24) is 0 Å². The van der Waals surface area contributed by atoms with Crippen LogP contribution in [0.5, 0.6) is 0 Å². The molecule has 1 N–H and O–H groups in total. The van der Waals surface area contributed by atoms with Crippen LogP contribution in [0.15, 0.2) is 12.3 Å². The van der Waals surface area contributed by atoms with Crippen LogP contribution < -0.4 is 0 Å². The minimum atomic E-state index is 0.170. The fraction of sp³-hybridized carbons (Fsp3) is 0.750. The van der Waals surface area contributed by atoms with Crippen LogP contribution in [0, 0.1) is 5.41 Å². The van der Waals surface area contributed by atoms with Gasteiger partial charge in [-0.1, -0.05) is 27.2 Å². The quantitative estimate of drug-likeness (QED) is 0.579. The molecule has 0 saturated heterocycles. The number of hydrogen-bond donors (Lipinski definition) is 1. The fourth-order valence-electron chi connectivity index (χ4n) is 0.929. The van der Waals surface area contributed by atoms with E-state index in [0.29, 0.717) is 0 Å². The van der Waals surface area contributed by atoms with Crippen molar-refractivity contribution < 1.29 is 5.11 Å². The molecular weight excluding hydrogens is 112 g/mol. The van der Waals surface area contributed by atoms with E-state index in [2.05, 4.69) is 20.8 Å². The normalized spacial score (nSPS) is 12.8. The SMILES string of the molecule is CCCC(C)(C)/C=C/O. The first-order chi connectivity index (χ1) is 4.12. The van der Waals surface area contributed by atoms with Crippen LogP contribution in [0.3, 0.4) is 0 Å². The van der Waals surface area contributed by atoms with E-state index in [1.807, 2.05) is 6.08 Å². The Kier molecular flexibility index (Phi) is 3.36. The number of allylic oxidation sites excluding steroid dienone is 1. The zero-order chi connectivity index (χ0) is 7.33. The summed E-state index contributed by atoms with van der Waals surface area (Å²) in [6, 6.07) is 0. The molecule has 0 aliphatic heterocycles. The molecule has 0 aliphatic rings. The van der Waals surface area contributed by atoms with Crippen LogP contribution in [0.2, 0.25) is 0 Å². The van der Waals surface area contributed by atoms with Gasteiger partial charge < -0.3 is 5.11 Å². The maximum Gasteiger partial charge on any atom is 0.0757 e. The molecule has 0 spiro atoms. The summed E-state index contributed by atoms with van der Waals surface area (Å²) in [6.45, 7) is 6.37. The third kappa shape index (κ3) is 4.07. The smallest absolute Gasteiger partial charge is 0.0757 e. The molecule has 0 aromatic heterocycles. The molecule has 1 heteroatoms. The van der Waals surface area contributed by atoms with Crippen molar-refractivity contribution in [3.8, 4) is 0 Å². The van der Waals surface area contributed by atoms with Crippen molar-refractivity contribution in [2.45, 2.75) is 33.6 Å². The highest BCUT2D eigenvalue weighted by Gasteiger charge is 2.10. The second-order valence-electron chi connectivity index (χ2n) is 3.05. The number of rotatable bonds is 3. The van der Waals surface area contributed by atoms with E-state index in [4.69, 9.17) is 5.11 Å². The van der Waals surface area contributed by atoms with Crippen molar-refractivity contribution in [2.24, 2.45) is 5.41 Å².